The zero-order valence-electron chi connectivity index (χ0n) is 12.0. The molecule has 0 atom stereocenters. The normalized spacial score (nSPS) is 15.9. The van der Waals surface area contributed by atoms with E-state index in [-0.39, 0.29) is 17.6 Å². The molecule has 1 heterocycles. The van der Waals surface area contributed by atoms with Gasteiger partial charge in [0, 0.05) is 18.7 Å². The van der Waals surface area contributed by atoms with Crippen molar-refractivity contribution in [2.24, 2.45) is 0 Å². The highest BCUT2D eigenvalue weighted by atomic mass is 19.1. The highest BCUT2D eigenvalue weighted by molar-refractivity contribution is 5.95. The third-order valence-corrected chi connectivity index (χ3v) is 3.91. The second-order valence-electron chi connectivity index (χ2n) is 5.65. The van der Waals surface area contributed by atoms with Gasteiger partial charge in [0.05, 0.1) is 0 Å². The molecular weight excluding hydrogens is 241 g/mol. The molecule has 0 radical (unpaired) electrons. The summed E-state index contributed by atoms with van der Waals surface area (Å²) in [6.45, 7) is 7.23. The van der Waals surface area contributed by atoms with Crippen LogP contribution in [0.1, 0.15) is 60.5 Å². The first-order valence-corrected chi connectivity index (χ1v) is 7.10. The van der Waals surface area contributed by atoms with Gasteiger partial charge in [-0.05, 0) is 49.3 Å². The molecule has 104 valence electrons. The molecule has 0 N–H and O–H groups in total. The van der Waals surface area contributed by atoms with E-state index in [9.17, 15) is 9.18 Å². The Hall–Kier alpha value is -1.38. The number of hydrogen-bond donors (Lipinski definition) is 0. The molecule has 0 aromatic heterocycles. The second kappa shape index (κ2) is 5.72. The van der Waals surface area contributed by atoms with Crippen molar-refractivity contribution < 1.29 is 9.18 Å². The number of likely N-dealkylation sites (tertiary alicyclic amines) is 1. The van der Waals surface area contributed by atoms with Gasteiger partial charge in [-0.2, -0.15) is 0 Å². The molecule has 1 aromatic carbocycles. The van der Waals surface area contributed by atoms with Crippen molar-refractivity contribution in [2.45, 2.75) is 46.0 Å². The number of halogens is 1. The van der Waals surface area contributed by atoms with Crippen LogP contribution in [-0.4, -0.2) is 23.9 Å². The Labute approximate surface area is 114 Å². The standard InChI is InChI=1S/C16H22FNO/c1-11(2)13-7-8-14(12(3)15(13)17)16(19)18-9-5-4-6-10-18/h7-8,11H,4-6,9-10H2,1-3H3. The van der Waals surface area contributed by atoms with Gasteiger partial charge in [0.1, 0.15) is 5.82 Å². The van der Waals surface area contributed by atoms with E-state index in [0.29, 0.717) is 16.7 Å². The predicted octanol–water partition coefficient (Wildman–Crippen LogP) is 3.88. The summed E-state index contributed by atoms with van der Waals surface area (Å²) in [6.07, 6.45) is 3.29. The SMILES string of the molecule is Cc1c(C(=O)N2CCCCC2)ccc(C(C)C)c1F. The first-order valence-electron chi connectivity index (χ1n) is 7.10. The fraction of sp³-hybridized carbons (Fsp3) is 0.562. The van der Waals surface area contributed by atoms with Gasteiger partial charge in [-0.1, -0.05) is 19.9 Å². The molecule has 1 fully saturated rings. The monoisotopic (exact) mass is 263 g/mol. The first-order chi connectivity index (χ1) is 9.02. The summed E-state index contributed by atoms with van der Waals surface area (Å²) in [5, 5.41) is 0. The minimum atomic E-state index is -0.224. The molecule has 0 bridgehead atoms. The van der Waals surface area contributed by atoms with Crippen LogP contribution in [0.2, 0.25) is 0 Å². The summed E-state index contributed by atoms with van der Waals surface area (Å²) in [4.78, 5) is 14.3. The summed E-state index contributed by atoms with van der Waals surface area (Å²) >= 11 is 0. The predicted molar refractivity (Wildman–Crippen MR) is 75.0 cm³/mol. The molecule has 3 heteroatoms. The summed E-state index contributed by atoms with van der Waals surface area (Å²) < 4.78 is 14.3. The zero-order valence-corrected chi connectivity index (χ0v) is 12.0. The van der Waals surface area contributed by atoms with E-state index in [1.54, 1.807) is 19.1 Å². The fourth-order valence-electron chi connectivity index (χ4n) is 2.65. The molecule has 0 aliphatic carbocycles. The molecule has 1 aromatic rings. The van der Waals surface area contributed by atoms with Crippen LogP contribution in [0.5, 0.6) is 0 Å². The molecule has 2 nitrogen and oxygen atoms in total. The highest BCUT2D eigenvalue weighted by Gasteiger charge is 2.22. The van der Waals surface area contributed by atoms with Crippen LogP contribution in [0.25, 0.3) is 0 Å². The lowest BCUT2D eigenvalue weighted by atomic mass is 9.96. The molecule has 1 aliphatic rings. The van der Waals surface area contributed by atoms with Gasteiger partial charge >= 0.3 is 0 Å². The molecule has 19 heavy (non-hydrogen) atoms. The van der Waals surface area contributed by atoms with Crippen molar-refractivity contribution in [1.29, 1.82) is 0 Å². The highest BCUT2D eigenvalue weighted by Crippen LogP contribution is 2.25. The Balaban J connectivity index is 2.30. The van der Waals surface area contributed by atoms with Crippen molar-refractivity contribution in [3.05, 3.63) is 34.6 Å². The Morgan fingerprint density at radius 3 is 2.42 bits per heavy atom. The average Bonchev–Trinajstić information content (AvgIpc) is 2.41. The maximum Gasteiger partial charge on any atom is 0.254 e. The third-order valence-electron chi connectivity index (χ3n) is 3.91. The smallest absolute Gasteiger partial charge is 0.254 e. The Kier molecular flexibility index (Phi) is 4.23. The largest absolute Gasteiger partial charge is 0.339 e. The molecule has 1 aliphatic heterocycles. The van der Waals surface area contributed by atoms with Crippen LogP contribution in [0, 0.1) is 12.7 Å². The van der Waals surface area contributed by atoms with Crippen LogP contribution in [0.3, 0.4) is 0 Å². The van der Waals surface area contributed by atoms with Crippen LogP contribution in [0.4, 0.5) is 4.39 Å². The number of rotatable bonds is 2. The first kappa shape index (κ1) is 14.0. The van der Waals surface area contributed by atoms with Crippen molar-refractivity contribution in [3.63, 3.8) is 0 Å². The second-order valence-corrected chi connectivity index (χ2v) is 5.65. The number of nitrogens with zero attached hydrogens (tertiary/aromatic N) is 1. The summed E-state index contributed by atoms with van der Waals surface area (Å²) in [5.74, 6) is -0.109. The minimum absolute atomic E-state index is 0.0218. The van der Waals surface area contributed by atoms with Gasteiger partial charge in [0.15, 0.2) is 0 Å². The van der Waals surface area contributed by atoms with E-state index in [4.69, 9.17) is 0 Å². The topological polar surface area (TPSA) is 20.3 Å². The van der Waals surface area contributed by atoms with Gasteiger partial charge < -0.3 is 4.90 Å². The van der Waals surface area contributed by atoms with Crippen LogP contribution in [0.15, 0.2) is 12.1 Å². The molecule has 1 amide bonds. The van der Waals surface area contributed by atoms with Crippen molar-refractivity contribution in [3.8, 4) is 0 Å². The maximum atomic E-state index is 14.3. The average molecular weight is 263 g/mol. The molecule has 0 saturated carbocycles. The number of amides is 1. The number of hydrogen-bond acceptors (Lipinski definition) is 1. The van der Waals surface area contributed by atoms with Gasteiger partial charge in [-0.25, -0.2) is 4.39 Å². The van der Waals surface area contributed by atoms with E-state index in [1.165, 1.54) is 6.42 Å². The number of benzene rings is 1. The summed E-state index contributed by atoms with van der Waals surface area (Å²) in [5.41, 5.74) is 1.69. The lowest BCUT2D eigenvalue weighted by Crippen LogP contribution is -2.36. The van der Waals surface area contributed by atoms with Gasteiger partial charge in [-0.3, -0.25) is 4.79 Å². The summed E-state index contributed by atoms with van der Waals surface area (Å²) in [7, 11) is 0. The van der Waals surface area contributed by atoms with E-state index < -0.39 is 0 Å². The molecule has 2 rings (SSSR count). The van der Waals surface area contributed by atoms with Crippen LogP contribution >= 0.6 is 0 Å². The Bertz CT molecular complexity index is 476. The van der Waals surface area contributed by atoms with E-state index in [2.05, 4.69) is 0 Å². The molecule has 0 unspecified atom stereocenters. The van der Waals surface area contributed by atoms with Crippen molar-refractivity contribution in [1.82, 2.24) is 4.90 Å². The fourth-order valence-corrected chi connectivity index (χ4v) is 2.65. The summed E-state index contributed by atoms with van der Waals surface area (Å²) in [6, 6.07) is 3.54. The molecule has 0 spiro atoms. The number of carbonyl (C=O) groups excluding carboxylic acids is 1. The third kappa shape index (κ3) is 2.80. The van der Waals surface area contributed by atoms with Crippen molar-refractivity contribution >= 4 is 5.91 Å². The maximum absolute atomic E-state index is 14.3. The Morgan fingerprint density at radius 2 is 1.84 bits per heavy atom. The van der Waals surface area contributed by atoms with Gasteiger partial charge in [0.2, 0.25) is 0 Å². The lowest BCUT2D eigenvalue weighted by Gasteiger charge is -2.27. The molecule has 1 saturated heterocycles. The van der Waals surface area contributed by atoms with E-state index in [0.717, 1.165) is 25.9 Å². The van der Waals surface area contributed by atoms with Gasteiger partial charge in [-0.15, -0.1) is 0 Å². The van der Waals surface area contributed by atoms with Gasteiger partial charge in [0.25, 0.3) is 5.91 Å². The van der Waals surface area contributed by atoms with Crippen LogP contribution in [-0.2, 0) is 0 Å². The number of carbonyl (C=O) groups is 1. The van der Waals surface area contributed by atoms with E-state index in [1.807, 2.05) is 18.7 Å². The zero-order chi connectivity index (χ0) is 14.0. The Morgan fingerprint density at radius 1 is 1.21 bits per heavy atom. The minimum Gasteiger partial charge on any atom is -0.339 e. The van der Waals surface area contributed by atoms with Crippen LogP contribution < -0.4 is 0 Å². The molecular formula is C16H22FNO. The quantitative estimate of drug-likeness (QED) is 0.793. The lowest BCUT2D eigenvalue weighted by molar-refractivity contribution is 0.0723. The van der Waals surface area contributed by atoms with E-state index >= 15 is 0 Å². The number of piperidine rings is 1. The van der Waals surface area contributed by atoms with Crippen molar-refractivity contribution in [2.75, 3.05) is 13.1 Å².